The van der Waals surface area contributed by atoms with Gasteiger partial charge in [0.2, 0.25) is 0 Å². The summed E-state index contributed by atoms with van der Waals surface area (Å²) >= 11 is 0. The number of hydrogen-bond donors (Lipinski definition) is 4. The number of primary amides is 1. The quantitative estimate of drug-likeness (QED) is 0.339. The van der Waals surface area contributed by atoms with Gasteiger partial charge in [0, 0.05) is 12.2 Å². The first-order chi connectivity index (χ1) is 7.81. The molecule has 7 nitrogen and oxygen atoms in total. The summed E-state index contributed by atoms with van der Waals surface area (Å²) in [5.74, 6) is -1.69. The molecule has 17 heavy (non-hydrogen) atoms. The van der Waals surface area contributed by atoms with Crippen molar-refractivity contribution >= 4 is 12.1 Å². The van der Waals surface area contributed by atoms with E-state index in [2.05, 4.69) is 23.6 Å². The minimum absolute atomic E-state index is 0.356. The van der Waals surface area contributed by atoms with Crippen molar-refractivity contribution in [2.75, 3.05) is 6.61 Å². The Morgan fingerprint density at radius 3 is 1.71 bits per heavy atom. The van der Waals surface area contributed by atoms with Crippen LogP contribution < -0.4 is 5.73 Å². The Bertz CT molecular complexity index is 268. The van der Waals surface area contributed by atoms with Crippen molar-refractivity contribution < 1.29 is 29.6 Å². The van der Waals surface area contributed by atoms with Crippen molar-refractivity contribution in [3.63, 3.8) is 0 Å². The molecule has 0 rings (SSSR count). The van der Waals surface area contributed by atoms with Gasteiger partial charge in [-0.2, -0.15) is 0 Å². The maximum Gasteiger partial charge on any atom is 0.404 e. The molecule has 0 aliphatic rings. The van der Waals surface area contributed by atoms with Gasteiger partial charge in [-0.05, 0) is 6.92 Å². The van der Waals surface area contributed by atoms with E-state index in [1.807, 2.05) is 0 Å². The van der Waals surface area contributed by atoms with Crippen LogP contribution in [-0.2, 0) is 9.53 Å². The first kappa shape index (κ1) is 20.0. The second kappa shape index (κ2) is 16.0. The second-order valence-corrected chi connectivity index (χ2v) is 2.05. The molecule has 0 spiro atoms. The van der Waals surface area contributed by atoms with Gasteiger partial charge < -0.3 is 25.8 Å². The van der Waals surface area contributed by atoms with E-state index >= 15 is 0 Å². The van der Waals surface area contributed by atoms with Crippen LogP contribution in [0.25, 0.3) is 0 Å². The molecular weight excluding hydrogens is 230 g/mol. The Labute approximate surface area is 99.1 Å². The highest BCUT2D eigenvalue weighted by Crippen LogP contribution is 1.75. The monoisotopic (exact) mass is 247 g/mol. The molecule has 98 valence electrons. The fourth-order valence-electron chi connectivity index (χ4n) is 0.248. The van der Waals surface area contributed by atoms with Gasteiger partial charge in [-0.3, -0.25) is 0 Å². The molecule has 0 aliphatic heterocycles. The van der Waals surface area contributed by atoms with Crippen LogP contribution in [0.3, 0.4) is 0 Å². The molecule has 0 unspecified atom stereocenters. The second-order valence-electron chi connectivity index (χ2n) is 2.05. The molecule has 0 radical (unpaired) electrons. The number of amides is 1. The summed E-state index contributed by atoms with van der Waals surface area (Å²) in [5.41, 5.74) is 4.54. The number of carboxylic acid groups (broad SMARTS) is 1. The first-order valence-corrected chi connectivity index (χ1v) is 4.29. The third kappa shape index (κ3) is 58.6. The zero-order valence-electron chi connectivity index (χ0n) is 9.50. The third-order valence-corrected chi connectivity index (χ3v) is 0.728. The number of aliphatic hydroxyl groups excluding tert-OH is 1. The van der Waals surface area contributed by atoms with Crippen molar-refractivity contribution in [3.05, 3.63) is 37.3 Å². The molecule has 0 bridgehead atoms. The number of carbonyl (C=O) groups excluding carboxylic acids is 1. The fourth-order valence-corrected chi connectivity index (χ4v) is 0.248. The molecule has 0 saturated heterocycles. The van der Waals surface area contributed by atoms with Crippen LogP contribution in [-0.4, -0.2) is 34.0 Å². The van der Waals surface area contributed by atoms with Crippen molar-refractivity contribution in [1.82, 2.24) is 0 Å². The largest absolute Gasteiger partial charge is 0.481 e. The predicted molar refractivity (Wildman–Crippen MR) is 62.6 cm³/mol. The number of rotatable bonds is 3. The topological polar surface area (TPSA) is 130 Å². The third-order valence-electron chi connectivity index (χ3n) is 0.728. The van der Waals surface area contributed by atoms with Crippen LogP contribution in [0.5, 0.6) is 0 Å². The number of nitrogens with two attached hydrogens (primary N) is 1. The fraction of sp³-hybridized carbons (Fsp3) is 0.200. The number of aliphatic carboxylic acids is 1. The highest BCUT2D eigenvalue weighted by atomic mass is 16.5. The minimum atomic E-state index is -0.981. The molecule has 0 aromatic carbocycles. The highest BCUT2D eigenvalue weighted by molar-refractivity contribution is 5.78. The minimum Gasteiger partial charge on any atom is -0.481 e. The molecule has 0 saturated carbocycles. The Kier molecular flexibility index (Phi) is 18.9. The van der Waals surface area contributed by atoms with Crippen LogP contribution in [0.15, 0.2) is 37.3 Å². The normalized spacial score (nSPS) is 6.88. The lowest BCUT2D eigenvalue weighted by Gasteiger charge is -1.89. The van der Waals surface area contributed by atoms with Gasteiger partial charge in [-0.25, -0.2) is 9.59 Å². The molecule has 0 aromatic heterocycles. The van der Waals surface area contributed by atoms with Gasteiger partial charge in [0.1, 0.15) is 0 Å². The van der Waals surface area contributed by atoms with Crippen LogP contribution in [0.2, 0.25) is 0 Å². The van der Waals surface area contributed by atoms with Gasteiger partial charge >= 0.3 is 12.1 Å². The van der Waals surface area contributed by atoms with Crippen molar-refractivity contribution in [1.29, 1.82) is 0 Å². The van der Waals surface area contributed by atoms with E-state index in [0.29, 0.717) is 6.61 Å². The van der Waals surface area contributed by atoms with Crippen LogP contribution in [0, 0.1) is 0 Å². The summed E-state index contributed by atoms with van der Waals surface area (Å²) in [7, 11) is 0. The van der Waals surface area contributed by atoms with Crippen molar-refractivity contribution in [2.24, 2.45) is 5.73 Å². The molecule has 1 amide bonds. The molecule has 5 N–H and O–H groups in total. The molecule has 0 aromatic rings. The summed E-state index contributed by atoms with van der Waals surface area (Å²) in [6.07, 6.45) is 2.49. The van der Waals surface area contributed by atoms with Crippen LogP contribution in [0.1, 0.15) is 6.92 Å². The van der Waals surface area contributed by atoms with E-state index < -0.39 is 18.0 Å². The smallest absolute Gasteiger partial charge is 0.404 e. The number of carbonyl (C=O) groups is 2. The number of aliphatic hydroxyl groups is 2. The number of hydrogen-bond acceptors (Lipinski definition) is 5. The molecule has 0 aliphatic carbocycles. The van der Waals surface area contributed by atoms with Gasteiger partial charge in [0.15, 0.2) is 0 Å². The summed E-state index contributed by atoms with van der Waals surface area (Å²) in [5, 5.41) is 23.4. The van der Waals surface area contributed by atoms with E-state index in [4.69, 9.17) is 15.3 Å². The summed E-state index contributed by atoms with van der Waals surface area (Å²) in [6, 6.07) is 0. The Balaban J connectivity index is -0.000000174. The summed E-state index contributed by atoms with van der Waals surface area (Å²) < 4.78 is 4.18. The lowest BCUT2D eigenvalue weighted by Crippen LogP contribution is -2.11. The molecule has 0 heterocycles. The first-order valence-electron chi connectivity index (χ1n) is 4.29. The lowest BCUT2D eigenvalue weighted by molar-refractivity contribution is -0.131. The van der Waals surface area contributed by atoms with Crippen molar-refractivity contribution in [2.45, 2.75) is 6.92 Å². The number of carboxylic acids is 1. The zero-order valence-corrected chi connectivity index (χ0v) is 9.50. The average Bonchev–Trinajstić information content (AvgIpc) is 2.19. The molecular formula is C10H17NO6. The average molecular weight is 247 g/mol. The predicted octanol–water partition coefficient (Wildman–Crippen LogP) is 1.49. The number of allylic oxidation sites excluding steroid dienone is 2. The summed E-state index contributed by atoms with van der Waals surface area (Å²) in [6.45, 7) is 8.22. The molecule has 7 heteroatoms. The van der Waals surface area contributed by atoms with Crippen LogP contribution >= 0.6 is 0 Å². The maximum atomic E-state index is 9.60. The Morgan fingerprint density at radius 1 is 1.29 bits per heavy atom. The van der Waals surface area contributed by atoms with Gasteiger partial charge in [0.25, 0.3) is 5.95 Å². The van der Waals surface area contributed by atoms with E-state index in [0.717, 1.165) is 12.2 Å². The van der Waals surface area contributed by atoms with Gasteiger partial charge in [-0.1, -0.05) is 19.2 Å². The van der Waals surface area contributed by atoms with Gasteiger partial charge in [-0.15, -0.1) is 0 Å². The SMILES string of the molecule is C=CC(=O)O.C=CC=C(O)O.CCOC(N)=O. The van der Waals surface area contributed by atoms with Gasteiger partial charge in [0.05, 0.1) is 6.61 Å². The molecule has 0 fully saturated rings. The number of ether oxygens (including phenoxy) is 1. The standard InChI is InChI=1S/C4H6O2.C3H7NO2.C3H4O2/c1-2-3-4(5)6;1-2-6-3(4)5;1-2-3(4)5/h2-3,5-6H,1H2;2H2,1H3,(H2,4,5);2H,1H2,(H,4,5). The summed E-state index contributed by atoms with van der Waals surface area (Å²) in [4.78, 5) is 18.8. The Morgan fingerprint density at radius 2 is 1.71 bits per heavy atom. The molecule has 0 atom stereocenters. The Hall–Kier alpha value is -2.44. The lowest BCUT2D eigenvalue weighted by atomic mass is 10.6. The maximum absolute atomic E-state index is 9.60. The van der Waals surface area contributed by atoms with E-state index in [9.17, 15) is 9.59 Å². The zero-order chi connectivity index (χ0) is 14.3. The van der Waals surface area contributed by atoms with Crippen LogP contribution in [0.4, 0.5) is 4.79 Å². The van der Waals surface area contributed by atoms with E-state index in [-0.39, 0.29) is 0 Å². The highest BCUT2D eigenvalue weighted by Gasteiger charge is 1.82. The van der Waals surface area contributed by atoms with Crippen molar-refractivity contribution in [3.8, 4) is 0 Å². The van der Waals surface area contributed by atoms with E-state index in [1.165, 1.54) is 6.08 Å². The van der Waals surface area contributed by atoms with E-state index in [1.54, 1.807) is 6.92 Å².